The number of anilines is 3. The summed E-state index contributed by atoms with van der Waals surface area (Å²) in [5, 5.41) is 6.08. The lowest BCUT2D eigenvalue weighted by Gasteiger charge is -2.31. The molecule has 7 rings (SSSR count). The Morgan fingerprint density at radius 1 is 0.702 bits per heavy atom. The van der Waals surface area contributed by atoms with Crippen LogP contribution in [0.3, 0.4) is 0 Å². The van der Waals surface area contributed by atoms with Crippen LogP contribution in [0, 0.1) is 17.7 Å². The van der Waals surface area contributed by atoms with Crippen LogP contribution >= 0.6 is 0 Å². The highest BCUT2D eigenvalue weighted by molar-refractivity contribution is 5.98. The molecule has 2 saturated carbocycles. The minimum absolute atomic E-state index is 0.0230. The number of carbonyl (C=O) groups is 4. The van der Waals surface area contributed by atoms with Crippen molar-refractivity contribution < 1.29 is 33.0 Å². The molecule has 2 heterocycles. The van der Waals surface area contributed by atoms with E-state index in [1.807, 2.05) is 83.1 Å². The number of amides is 4. The van der Waals surface area contributed by atoms with Gasteiger partial charge in [-0.3, -0.25) is 19.4 Å². The summed E-state index contributed by atoms with van der Waals surface area (Å²) >= 11 is 0. The van der Waals surface area contributed by atoms with Crippen LogP contribution in [-0.2, 0) is 32.2 Å². The molecule has 4 amide bonds. The monoisotopic (exact) mass is 781 g/mol. The van der Waals surface area contributed by atoms with Crippen LogP contribution < -0.4 is 15.5 Å². The second-order valence-corrected chi connectivity index (χ2v) is 17.5. The summed E-state index contributed by atoms with van der Waals surface area (Å²) in [5.74, 6) is -0.142. The predicted octanol–water partition coefficient (Wildman–Crippen LogP) is 8.88. The summed E-state index contributed by atoms with van der Waals surface area (Å²) < 4.78 is 25.2. The molecule has 3 aromatic rings. The molecule has 2 aliphatic carbocycles. The molecular weight excluding hydrogens is 726 g/mol. The summed E-state index contributed by atoms with van der Waals surface area (Å²) in [6.45, 7) is 10.1. The quantitative estimate of drug-likeness (QED) is 0.211. The van der Waals surface area contributed by atoms with Crippen molar-refractivity contribution in [3.05, 3.63) is 89.7 Å². The van der Waals surface area contributed by atoms with Gasteiger partial charge in [-0.1, -0.05) is 37.1 Å². The fourth-order valence-corrected chi connectivity index (χ4v) is 9.32. The minimum atomic E-state index is -0.655. The van der Waals surface area contributed by atoms with Gasteiger partial charge in [0.25, 0.3) is 0 Å². The number of hydrogen-bond acceptors (Lipinski definition) is 7. The van der Waals surface area contributed by atoms with Crippen LogP contribution in [0.1, 0.15) is 97.1 Å². The first kappa shape index (κ1) is 40.1. The van der Waals surface area contributed by atoms with Crippen LogP contribution in [0.25, 0.3) is 0 Å². The molecule has 2 saturated heterocycles. The summed E-state index contributed by atoms with van der Waals surface area (Å²) in [4.78, 5) is 59.0. The molecule has 304 valence electrons. The number of halogens is 1. The van der Waals surface area contributed by atoms with Gasteiger partial charge in [-0.05, 0) is 145 Å². The fourth-order valence-electron chi connectivity index (χ4n) is 9.32. The average molecular weight is 782 g/mol. The number of carbonyl (C=O) groups excluding carboxylic acids is 4. The molecule has 3 aromatic carbocycles. The maximum absolute atomic E-state index is 14.0. The number of ether oxygens (including phenoxy) is 2. The summed E-state index contributed by atoms with van der Waals surface area (Å²) in [6, 6.07) is 20.5. The van der Waals surface area contributed by atoms with Gasteiger partial charge in [-0.25, -0.2) is 14.0 Å². The normalized spacial score (nSPS) is 23.9. The molecule has 0 spiro atoms. The van der Waals surface area contributed by atoms with E-state index in [0.29, 0.717) is 49.1 Å². The maximum Gasteiger partial charge on any atom is 0.411 e. The number of nitrogens with zero attached hydrogens (tertiary/aromatic N) is 3. The Balaban J connectivity index is 0.997. The van der Waals surface area contributed by atoms with E-state index >= 15 is 0 Å². The van der Waals surface area contributed by atoms with Gasteiger partial charge >= 0.3 is 12.2 Å². The predicted molar refractivity (Wildman–Crippen MR) is 217 cm³/mol. The second kappa shape index (κ2) is 16.8. The third-order valence-electron chi connectivity index (χ3n) is 11.8. The Morgan fingerprint density at radius 3 is 1.60 bits per heavy atom. The van der Waals surface area contributed by atoms with Crippen molar-refractivity contribution in [3.63, 3.8) is 0 Å². The highest BCUT2D eigenvalue weighted by Crippen LogP contribution is 2.43. The molecule has 6 atom stereocenters. The van der Waals surface area contributed by atoms with Crippen molar-refractivity contribution in [2.24, 2.45) is 11.8 Å². The molecule has 2 aliphatic heterocycles. The number of rotatable bonds is 10. The lowest BCUT2D eigenvalue weighted by Crippen LogP contribution is -2.48. The molecule has 0 unspecified atom stereocenters. The summed E-state index contributed by atoms with van der Waals surface area (Å²) in [7, 11) is 0. The van der Waals surface area contributed by atoms with E-state index in [1.54, 1.807) is 21.9 Å². The lowest BCUT2D eigenvalue weighted by atomic mass is 10.0. The molecule has 0 bridgehead atoms. The topological polar surface area (TPSA) is 121 Å². The molecule has 2 N–H and O–H groups in total. The third-order valence-corrected chi connectivity index (χ3v) is 11.8. The van der Waals surface area contributed by atoms with Gasteiger partial charge in [0.2, 0.25) is 11.8 Å². The van der Waals surface area contributed by atoms with Gasteiger partial charge in [0.1, 0.15) is 23.5 Å². The van der Waals surface area contributed by atoms with E-state index in [1.165, 1.54) is 12.1 Å². The van der Waals surface area contributed by atoms with Gasteiger partial charge < -0.3 is 25.0 Å². The van der Waals surface area contributed by atoms with E-state index < -0.39 is 29.9 Å². The Hall–Kier alpha value is -5.13. The average Bonchev–Trinajstić information content (AvgIpc) is 3.94. The van der Waals surface area contributed by atoms with E-state index in [4.69, 9.17) is 9.47 Å². The van der Waals surface area contributed by atoms with E-state index in [0.717, 1.165) is 55.3 Å². The second-order valence-electron chi connectivity index (χ2n) is 17.5. The maximum atomic E-state index is 14.0. The molecule has 11 nitrogen and oxygen atoms in total. The van der Waals surface area contributed by atoms with Crippen LogP contribution in [0.5, 0.6) is 0 Å². The van der Waals surface area contributed by atoms with Crippen LogP contribution in [0.2, 0.25) is 0 Å². The summed E-state index contributed by atoms with van der Waals surface area (Å²) in [5.41, 5.74) is 3.41. The zero-order valence-electron chi connectivity index (χ0n) is 33.7. The standard InChI is InChI=1S/C45H56FN5O6/c1-28(2)56-43(54)50-37-10-6-8-31(37)24-39(50)41(52)47-34-18-12-29(13-19-34)26-49(36-22-16-33(46)17-23-36)27-30-14-20-35(21-15-30)48-42(53)40-25-32-9-7-11-38(32)51(40)44(55)57-45(3,4)5/h12-23,28,31-32,37-40H,6-11,24-27H2,1-5H3,(H,47,52)(H,48,53)/t31-,32-,37-,38-,39-,40-/m0/s1. The number of likely N-dealkylation sites (tertiary alicyclic amines) is 2. The largest absolute Gasteiger partial charge is 0.447 e. The fraction of sp³-hybridized carbons (Fsp3) is 0.511. The van der Waals surface area contributed by atoms with E-state index in [2.05, 4.69) is 15.5 Å². The van der Waals surface area contributed by atoms with Crippen molar-refractivity contribution in [1.82, 2.24) is 9.80 Å². The molecule has 12 heteroatoms. The zero-order valence-corrected chi connectivity index (χ0v) is 33.7. The van der Waals surface area contributed by atoms with Crippen molar-refractivity contribution in [2.45, 2.75) is 135 Å². The Morgan fingerprint density at radius 2 is 1.16 bits per heavy atom. The van der Waals surface area contributed by atoms with Gasteiger partial charge in [-0.2, -0.15) is 0 Å². The van der Waals surface area contributed by atoms with Crippen LogP contribution in [0.15, 0.2) is 72.8 Å². The van der Waals surface area contributed by atoms with E-state index in [-0.39, 0.29) is 35.8 Å². The number of hydrogen-bond donors (Lipinski definition) is 2. The minimum Gasteiger partial charge on any atom is -0.447 e. The van der Waals surface area contributed by atoms with Gasteiger partial charge in [0.05, 0.1) is 6.10 Å². The van der Waals surface area contributed by atoms with E-state index in [9.17, 15) is 23.6 Å². The number of benzene rings is 3. The van der Waals surface area contributed by atoms with Gasteiger partial charge in [-0.15, -0.1) is 0 Å². The SMILES string of the molecule is CC(C)OC(=O)N1[C@H](C(=O)Nc2ccc(CN(Cc3ccc(NC(=O)[C@@H]4C[C@@H]5CCC[C@@H]5N4C(=O)OC(C)(C)C)cc3)c3ccc(F)cc3)cc2)C[C@@H]2CCC[C@@H]21. The third kappa shape index (κ3) is 9.37. The Kier molecular flexibility index (Phi) is 11.8. The van der Waals surface area contributed by atoms with Crippen molar-refractivity contribution >= 4 is 41.1 Å². The first-order valence-corrected chi connectivity index (χ1v) is 20.5. The molecule has 4 aliphatic rings. The molecule has 0 aromatic heterocycles. The van der Waals surface area contributed by atoms with Crippen molar-refractivity contribution in [3.8, 4) is 0 Å². The van der Waals surface area contributed by atoms with Crippen molar-refractivity contribution in [1.29, 1.82) is 0 Å². The molecule has 4 fully saturated rings. The van der Waals surface area contributed by atoms with Gasteiger partial charge in [0, 0.05) is 42.2 Å². The number of nitrogens with one attached hydrogen (secondary N) is 2. The highest BCUT2D eigenvalue weighted by Gasteiger charge is 2.51. The molecular formula is C45H56FN5O6. The lowest BCUT2D eigenvalue weighted by molar-refractivity contribution is -0.121. The highest BCUT2D eigenvalue weighted by atomic mass is 19.1. The Labute approximate surface area is 335 Å². The van der Waals surface area contributed by atoms with Gasteiger partial charge in [0.15, 0.2) is 0 Å². The Bertz CT molecular complexity index is 1910. The van der Waals surface area contributed by atoms with Crippen LogP contribution in [0.4, 0.5) is 31.0 Å². The van der Waals surface area contributed by atoms with Crippen molar-refractivity contribution in [2.75, 3.05) is 15.5 Å². The molecule has 57 heavy (non-hydrogen) atoms. The molecule has 0 radical (unpaired) electrons. The first-order chi connectivity index (χ1) is 27.2. The first-order valence-electron chi connectivity index (χ1n) is 20.5. The zero-order chi connectivity index (χ0) is 40.4. The smallest absolute Gasteiger partial charge is 0.411 e. The van der Waals surface area contributed by atoms with Crippen LogP contribution in [-0.4, -0.2) is 69.7 Å². The summed E-state index contributed by atoms with van der Waals surface area (Å²) in [6.07, 6.45) is 6.02. The number of fused-ring (bicyclic) bond motifs is 2.